The number of benzene rings is 2. The molecule has 5 nitrogen and oxygen atoms in total. The first-order valence-electron chi connectivity index (χ1n) is 12.2. The van der Waals surface area contributed by atoms with Crippen LogP contribution < -0.4 is 14.7 Å². The summed E-state index contributed by atoms with van der Waals surface area (Å²) in [5, 5.41) is 1.80. The SMILES string of the molecule is CCCCCCCCCCCCOc1ccc(ON(Cl)N(OCC)c2ccccc2Cl)cc1. The van der Waals surface area contributed by atoms with Crippen LogP contribution in [0.1, 0.15) is 78.1 Å². The van der Waals surface area contributed by atoms with E-state index < -0.39 is 0 Å². The van der Waals surface area contributed by atoms with Gasteiger partial charge in [-0.05, 0) is 49.7 Å². The first kappa shape index (κ1) is 27.6. The Morgan fingerprint density at radius 3 is 1.91 bits per heavy atom. The number of unbranched alkanes of at least 4 members (excludes halogenated alkanes) is 9. The molecule has 2 aromatic rings. The third kappa shape index (κ3) is 10.9. The lowest BCUT2D eigenvalue weighted by Gasteiger charge is -2.28. The van der Waals surface area contributed by atoms with E-state index in [9.17, 15) is 0 Å². The molecule has 0 saturated carbocycles. The van der Waals surface area contributed by atoms with Crippen LogP contribution in [0.2, 0.25) is 5.02 Å². The Bertz CT molecular complexity index is 761. The number of halogens is 2. The molecule has 7 heteroatoms. The second-order valence-electron chi connectivity index (χ2n) is 7.96. The average molecular weight is 498 g/mol. The van der Waals surface area contributed by atoms with E-state index in [0.29, 0.717) is 23.1 Å². The predicted octanol–water partition coefficient (Wildman–Crippen LogP) is 8.76. The fourth-order valence-corrected chi connectivity index (χ4v) is 3.84. The topological polar surface area (TPSA) is 34.2 Å². The highest BCUT2D eigenvalue weighted by Crippen LogP contribution is 2.29. The number of para-hydroxylation sites is 1. The van der Waals surface area contributed by atoms with Crippen molar-refractivity contribution >= 4 is 29.1 Å². The van der Waals surface area contributed by atoms with E-state index >= 15 is 0 Å². The highest BCUT2D eigenvalue weighted by Gasteiger charge is 2.20. The third-order valence-corrected chi connectivity index (χ3v) is 5.75. The minimum absolute atomic E-state index is 0.392. The molecule has 0 spiro atoms. The summed E-state index contributed by atoms with van der Waals surface area (Å²) in [7, 11) is 0. The van der Waals surface area contributed by atoms with E-state index in [1.54, 1.807) is 24.3 Å². The maximum Gasteiger partial charge on any atom is 0.151 e. The molecule has 0 aliphatic rings. The lowest BCUT2D eigenvalue weighted by Crippen LogP contribution is -2.38. The molecule has 0 N–H and O–H groups in total. The lowest BCUT2D eigenvalue weighted by molar-refractivity contribution is -0.0884. The Labute approximate surface area is 209 Å². The van der Waals surface area contributed by atoms with Crippen molar-refractivity contribution in [2.24, 2.45) is 0 Å². The van der Waals surface area contributed by atoms with Crippen molar-refractivity contribution in [3.8, 4) is 11.5 Å². The summed E-state index contributed by atoms with van der Waals surface area (Å²) in [5.41, 5.74) is 0.576. The van der Waals surface area contributed by atoms with Crippen LogP contribution in [-0.2, 0) is 4.84 Å². The van der Waals surface area contributed by atoms with Gasteiger partial charge in [-0.2, -0.15) is 0 Å². The summed E-state index contributed by atoms with van der Waals surface area (Å²) >= 11 is 12.6. The second-order valence-corrected chi connectivity index (χ2v) is 8.66. The van der Waals surface area contributed by atoms with Crippen molar-refractivity contribution in [1.29, 1.82) is 0 Å². The summed E-state index contributed by atoms with van der Waals surface area (Å²) in [6.45, 7) is 5.24. The zero-order valence-electron chi connectivity index (χ0n) is 20.0. The number of hydrogen-bond donors (Lipinski definition) is 0. The van der Waals surface area contributed by atoms with Gasteiger partial charge in [0.05, 0.1) is 22.9 Å². The number of hydrazine groups is 1. The molecule has 2 aromatic carbocycles. The maximum atomic E-state index is 6.31. The summed E-state index contributed by atoms with van der Waals surface area (Å²) in [5.74, 6) is 1.36. The van der Waals surface area contributed by atoms with E-state index in [1.165, 1.54) is 63.0 Å². The van der Waals surface area contributed by atoms with Gasteiger partial charge in [-0.25, -0.2) is 0 Å². The van der Waals surface area contributed by atoms with Crippen molar-refractivity contribution in [3.63, 3.8) is 0 Å². The standard InChI is InChI=1S/C26H38Cl2N2O3/c1-3-5-6-7-8-9-10-11-12-15-22-31-23-18-20-24(21-19-23)33-30(28)29(32-4-2)26-17-14-13-16-25(26)27/h13-14,16-21H,3-12,15,22H2,1-2H3. The summed E-state index contributed by atoms with van der Waals surface area (Å²) in [6.07, 6.45) is 13.1. The van der Waals surface area contributed by atoms with Crippen LogP contribution in [0, 0.1) is 0 Å². The minimum Gasteiger partial charge on any atom is -0.494 e. The zero-order valence-corrected chi connectivity index (χ0v) is 21.5. The lowest BCUT2D eigenvalue weighted by atomic mass is 10.1. The molecular weight excluding hydrogens is 459 g/mol. The van der Waals surface area contributed by atoms with Crippen LogP contribution >= 0.6 is 23.4 Å². The molecule has 0 aliphatic heterocycles. The quantitative estimate of drug-likeness (QED) is 0.117. The van der Waals surface area contributed by atoms with Crippen LogP contribution in [0.25, 0.3) is 0 Å². The first-order valence-corrected chi connectivity index (χ1v) is 12.9. The largest absolute Gasteiger partial charge is 0.494 e. The fraction of sp³-hybridized carbons (Fsp3) is 0.538. The number of rotatable bonds is 18. The van der Waals surface area contributed by atoms with E-state index in [-0.39, 0.29) is 0 Å². The van der Waals surface area contributed by atoms with Crippen LogP contribution in [0.15, 0.2) is 48.5 Å². The van der Waals surface area contributed by atoms with Crippen LogP contribution in [0.3, 0.4) is 0 Å². The molecule has 0 saturated heterocycles. The number of ether oxygens (including phenoxy) is 1. The molecule has 0 heterocycles. The number of nitrogens with zero attached hydrogens (tertiary/aromatic N) is 2. The van der Waals surface area contributed by atoms with Crippen molar-refractivity contribution < 1.29 is 14.4 Å². The predicted molar refractivity (Wildman–Crippen MR) is 138 cm³/mol. The Morgan fingerprint density at radius 2 is 1.30 bits per heavy atom. The first-order chi connectivity index (χ1) is 16.2. The minimum atomic E-state index is 0.392. The molecule has 0 fully saturated rings. The smallest absolute Gasteiger partial charge is 0.151 e. The van der Waals surface area contributed by atoms with Crippen LogP contribution in [0.4, 0.5) is 5.69 Å². The van der Waals surface area contributed by atoms with E-state index in [0.717, 1.165) is 23.5 Å². The number of hydrogen-bond acceptors (Lipinski definition) is 5. The third-order valence-electron chi connectivity index (χ3n) is 5.22. The van der Waals surface area contributed by atoms with E-state index in [1.807, 2.05) is 31.2 Å². The van der Waals surface area contributed by atoms with E-state index in [2.05, 4.69) is 6.92 Å². The van der Waals surface area contributed by atoms with Gasteiger partial charge in [0, 0.05) is 11.8 Å². The zero-order chi connectivity index (χ0) is 23.7. The average Bonchev–Trinajstić information content (AvgIpc) is 2.82. The van der Waals surface area contributed by atoms with Crippen molar-refractivity contribution in [1.82, 2.24) is 4.69 Å². The summed E-state index contributed by atoms with van der Waals surface area (Å²) in [4.78, 5) is 11.3. The molecule has 0 unspecified atom stereocenters. The van der Waals surface area contributed by atoms with Crippen LogP contribution in [0.5, 0.6) is 11.5 Å². The second kappa shape index (κ2) is 16.9. The molecule has 0 aliphatic carbocycles. The van der Waals surface area contributed by atoms with Gasteiger partial charge in [-0.3, -0.25) is 4.84 Å². The summed E-state index contributed by atoms with van der Waals surface area (Å²) < 4.78 is 6.84. The van der Waals surface area contributed by atoms with Gasteiger partial charge < -0.3 is 9.57 Å². The highest BCUT2D eigenvalue weighted by atomic mass is 35.5. The van der Waals surface area contributed by atoms with Gasteiger partial charge in [0.15, 0.2) is 5.75 Å². The van der Waals surface area contributed by atoms with Gasteiger partial charge in [-0.15, -0.1) is 5.17 Å². The number of anilines is 1. The molecule has 184 valence electrons. The monoisotopic (exact) mass is 496 g/mol. The van der Waals surface area contributed by atoms with Gasteiger partial charge in [0.2, 0.25) is 0 Å². The Balaban J connectivity index is 1.67. The Kier molecular flexibility index (Phi) is 14.1. The summed E-state index contributed by atoms with van der Waals surface area (Å²) in [6, 6.07) is 14.6. The normalized spacial score (nSPS) is 11.1. The molecule has 2 rings (SSSR count). The Hall–Kier alpha value is -1.66. The van der Waals surface area contributed by atoms with Crippen molar-refractivity contribution in [3.05, 3.63) is 53.6 Å². The molecule has 33 heavy (non-hydrogen) atoms. The molecule has 0 radical (unpaired) electrons. The van der Waals surface area contributed by atoms with Gasteiger partial charge in [0.25, 0.3) is 0 Å². The molecule has 0 amide bonds. The Morgan fingerprint density at radius 1 is 0.727 bits per heavy atom. The maximum absolute atomic E-state index is 6.31. The molecular formula is C26H38Cl2N2O3. The van der Waals surface area contributed by atoms with Crippen molar-refractivity contribution in [2.45, 2.75) is 78.1 Å². The molecule has 0 aromatic heterocycles. The molecule has 0 bridgehead atoms. The molecule has 0 atom stereocenters. The van der Waals surface area contributed by atoms with Crippen LogP contribution in [-0.4, -0.2) is 17.9 Å². The van der Waals surface area contributed by atoms with Crippen molar-refractivity contribution in [2.75, 3.05) is 18.4 Å². The highest BCUT2D eigenvalue weighted by molar-refractivity contribution is 6.33. The van der Waals surface area contributed by atoms with Gasteiger partial charge in [-0.1, -0.05) is 88.4 Å². The van der Waals surface area contributed by atoms with E-state index in [4.69, 9.17) is 37.8 Å². The van der Waals surface area contributed by atoms with Gasteiger partial charge >= 0.3 is 0 Å². The van der Waals surface area contributed by atoms with Gasteiger partial charge in [0.1, 0.15) is 11.4 Å². The fourth-order valence-electron chi connectivity index (χ4n) is 3.43.